The quantitative estimate of drug-likeness (QED) is 0.477. The molecule has 0 aliphatic carbocycles. The third kappa shape index (κ3) is 3.81. The van der Waals surface area contributed by atoms with Crippen LogP contribution in [0.2, 0.25) is 0 Å². The number of benzene rings is 2. The van der Waals surface area contributed by atoms with Crippen LogP contribution in [-0.4, -0.2) is 57.8 Å². The Morgan fingerprint density at radius 1 is 1.03 bits per heavy atom. The van der Waals surface area contributed by atoms with E-state index in [4.69, 9.17) is 9.47 Å². The summed E-state index contributed by atoms with van der Waals surface area (Å²) in [5, 5.41) is 2.56. The zero-order chi connectivity index (χ0) is 18.9. The fourth-order valence-corrected chi connectivity index (χ4v) is 4.87. The van der Waals surface area contributed by atoms with Gasteiger partial charge >= 0.3 is 0 Å². The van der Waals surface area contributed by atoms with Crippen LogP contribution < -0.4 is 4.74 Å². The molecule has 0 spiro atoms. The summed E-state index contributed by atoms with van der Waals surface area (Å²) in [6, 6.07) is 15.1. The second-order valence-electron chi connectivity index (χ2n) is 7.98. The average Bonchev–Trinajstić information content (AvgIpc) is 3.06. The Bertz CT molecular complexity index is 1020. The van der Waals surface area contributed by atoms with Crippen LogP contribution in [0.4, 0.5) is 0 Å². The Kier molecular flexibility index (Phi) is 5.98. The number of ether oxygens (including phenoxy) is 2. The molecule has 152 valence electrons. The first kappa shape index (κ1) is 20.1. The maximum atomic E-state index is 6.14. The average molecular weight is 390 g/mol. The number of piperidine rings is 3. The first-order valence-corrected chi connectivity index (χ1v) is 10.4. The van der Waals surface area contributed by atoms with E-state index < -0.39 is 0 Å². The van der Waals surface area contributed by atoms with Gasteiger partial charge in [0.15, 0.2) is 0 Å². The van der Waals surface area contributed by atoms with Crippen LogP contribution in [0, 0.1) is 5.92 Å². The predicted octanol–water partition coefficient (Wildman–Crippen LogP) is 3.29. The summed E-state index contributed by atoms with van der Waals surface area (Å²) in [4.78, 5) is 2.56. The molecule has 1 aromatic heterocycles. The Balaban J connectivity index is 0.00000205. The highest BCUT2D eigenvalue weighted by atomic mass is 16.5. The number of hydrogen-bond donors (Lipinski definition) is 0. The zero-order valence-corrected chi connectivity index (χ0v) is 16.6. The van der Waals surface area contributed by atoms with Crippen molar-refractivity contribution >= 4 is 30.2 Å². The highest BCUT2D eigenvalue weighted by Gasteiger charge is 2.28. The lowest BCUT2D eigenvalue weighted by Crippen LogP contribution is -2.43. The number of nitrogens with zero attached hydrogens (tertiary/aromatic N) is 2. The van der Waals surface area contributed by atoms with Crippen LogP contribution in [-0.2, 0) is 11.3 Å². The molecule has 0 N–H and O–H groups in total. The van der Waals surface area contributed by atoms with E-state index in [1.807, 2.05) is 0 Å². The van der Waals surface area contributed by atoms with Crippen LogP contribution in [0.1, 0.15) is 12.8 Å². The first-order chi connectivity index (χ1) is 13.8. The molecule has 3 aromatic rings. The summed E-state index contributed by atoms with van der Waals surface area (Å²) in [6.07, 6.45) is 4.95. The van der Waals surface area contributed by atoms with Crippen molar-refractivity contribution in [2.24, 2.45) is 5.92 Å². The minimum Gasteiger partial charge on any atom is -0.489 e. The Morgan fingerprint density at radius 3 is 2.59 bits per heavy atom. The monoisotopic (exact) mass is 390 g/mol. The van der Waals surface area contributed by atoms with Gasteiger partial charge in [0.05, 0.1) is 20.5 Å². The molecule has 0 atom stereocenters. The van der Waals surface area contributed by atoms with Gasteiger partial charge in [-0.05, 0) is 56.1 Å². The maximum absolute atomic E-state index is 6.14. The number of hydrogen-bond acceptors (Lipinski definition) is 3. The van der Waals surface area contributed by atoms with E-state index in [2.05, 4.69) is 58.0 Å². The van der Waals surface area contributed by atoms with Gasteiger partial charge in [0.25, 0.3) is 0 Å². The van der Waals surface area contributed by atoms with Crippen LogP contribution in [0.5, 0.6) is 5.75 Å². The third-order valence-electron chi connectivity index (χ3n) is 6.38. The van der Waals surface area contributed by atoms with Crippen molar-refractivity contribution in [3.63, 3.8) is 0 Å². The SMILES string of the molecule is B.COCCn1c2ccccc2c2ccc(OCC=C3CN4CCC3CC4)cc21. The molecular formula is C24H31BN2O2. The second-order valence-corrected chi connectivity index (χ2v) is 7.98. The summed E-state index contributed by atoms with van der Waals surface area (Å²) < 4.78 is 13.8. The van der Waals surface area contributed by atoms with E-state index in [1.165, 1.54) is 47.7 Å². The molecule has 0 amide bonds. The standard InChI is InChI=1S/C24H28N2O2.BH3/c1-27-15-13-26-23-5-3-2-4-21(23)22-7-6-20(16-24(22)26)28-14-10-19-17-25-11-8-18(19)9-12-25;/h2-7,10,16,18H,8-9,11-15,17H2,1H3;1H3. The Hall–Kier alpha value is -2.24. The fraction of sp³-hybridized carbons (Fsp3) is 0.417. The van der Waals surface area contributed by atoms with E-state index in [-0.39, 0.29) is 8.41 Å². The van der Waals surface area contributed by atoms with Gasteiger partial charge in [-0.2, -0.15) is 0 Å². The summed E-state index contributed by atoms with van der Waals surface area (Å²) >= 11 is 0. The molecule has 0 radical (unpaired) electrons. The molecule has 29 heavy (non-hydrogen) atoms. The van der Waals surface area contributed by atoms with Crippen LogP contribution in [0.3, 0.4) is 0 Å². The molecule has 4 nitrogen and oxygen atoms in total. The first-order valence-electron chi connectivity index (χ1n) is 10.4. The van der Waals surface area contributed by atoms with E-state index >= 15 is 0 Å². The highest BCUT2D eigenvalue weighted by Crippen LogP contribution is 2.33. The van der Waals surface area contributed by atoms with Crippen LogP contribution in [0.25, 0.3) is 21.8 Å². The van der Waals surface area contributed by atoms with E-state index in [0.717, 1.165) is 24.8 Å². The van der Waals surface area contributed by atoms with Gasteiger partial charge in [-0.25, -0.2) is 0 Å². The van der Waals surface area contributed by atoms with E-state index in [0.29, 0.717) is 13.2 Å². The molecular weight excluding hydrogens is 359 g/mol. The minimum absolute atomic E-state index is 0. The molecule has 4 heterocycles. The summed E-state index contributed by atoms with van der Waals surface area (Å²) in [7, 11) is 1.75. The molecule has 2 aromatic carbocycles. The van der Waals surface area contributed by atoms with Crippen molar-refractivity contribution in [2.75, 3.05) is 40.0 Å². The topological polar surface area (TPSA) is 26.6 Å². The third-order valence-corrected chi connectivity index (χ3v) is 6.38. The van der Waals surface area contributed by atoms with Crippen LogP contribution in [0.15, 0.2) is 54.1 Å². The molecule has 3 saturated heterocycles. The molecule has 3 aliphatic heterocycles. The Labute approximate surface area is 174 Å². The minimum atomic E-state index is 0. The predicted molar refractivity (Wildman–Crippen MR) is 124 cm³/mol. The normalized spacial score (nSPS) is 22.3. The zero-order valence-electron chi connectivity index (χ0n) is 16.6. The maximum Gasteiger partial charge on any atom is 0.121 e. The van der Waals surface area contributed by atoms with Gasteiger partial charge in [-0.15, -0.1) is 0 Å². The highest BCUT2D eigenvalue weighted by molar-refractivity contribution is 6.08. The smallest absolute Gasteiger partial charge is 0.121 e. The van der Waals surface area contributed by atoms with Crippen molar-refractivity contribution in [1.82, 2.24) is 9.47 Å². The molecule has 6 rings (SSSR count). The summed E-state index contributed by atoms with van der Waals surface area (Å²) in [6.45, 7) is 5.87. The van der Waals surface area contributed by atoms with Gasteiger partial charge in [-0.1, -0.05) is 23.8 Å². The molecule has 0 saturated carbocycles. The van der Waals surface area contributed by atoms with Crippen molar-refractivity contribution in [3.05, 3.63) is 54.1 Å². The number of rotatable bonds is 6. The van der Waals surface area contributed by atoms with Gasteiger partial charge in [0.2, 0.25) is 0 Å². The molecule has 2 bridgehead atoms. The molecule has 3 fully saturated rings. The summed E-state index contributed by atoms with van der Waals surface area (Å²) in [5.74, 6) is 1.72. The van der Waals surface area contributed by atoms with E-state index in [9.17, 15) is 0 Å². The van der Waals surface area contributed by atoms with E-state index in [1.54, 1.807) is 12.7 Å². The lowest BCUT2D eigenvalue weighted by molar-refractivity contribution is 0.160. The van der Waals surface area contributed by atoms with Gasteiger partial charge in [0.1, 0.15) is 12.4 Å². The Morgan fingerprint density at radius 2 is 1.83 bits per heavy atom. The fourth-order valence-electron chi connectivity index (χ4n) is 4.87. The largest absolute Gasteiger partial charge is 0.489 e. The molecule has 5 heteroatoms. The van der Waals surface area contributed by atoms with Gasteiger partial charge in [0, 0.05) is 42.6 Å². The van der Waals surface area contributed by atoms with Crippen molar-refractivity contribution in [3.8, 4) is 5.75 Å². The number of fused-ring (bicyclic) bond motifs is 6. The summed E-state index contributed by atoms with van der Waals surface area (Å²) in [5.41, 5.74) is 4.04. The van der Waals surface area contributed by atoms with Gasteiger partial charge in [-0.3, -0.25) is 4.90 Å². The number of methoxy groups -OCH3 is 1. The molecule has 3 aliphatic rings. The number of aromatic nitrogens is 1. The van der Waals surface area contributed by atoms with Gasteiger partial charge < -0.3 is 14.0 Å². The molecule has 0 unspecified atom stereocenters. The second kappa shape index (κ2) is 8.64. The number of para-hydroxylation sites is 1. The van der Waals surface area contributed by atoms with Crippen molar-refractivity contribution < 1.29 is 9.47 Å². The van der Waals surface area contributed by atoms with Crippen molar-refractivity contribution in [1.29, 1.82) is 0 Å². The lowest BCUT2D eigenvalue weighted by atomic mass is 9.84. The lowest BCUT2D eigenvalue weighted by Gasteiger charge is -2.41. The van der Waals surface area contributed by atoms with Crippen molar-refractivity contribution in [2.45, 2.75) is 19.4 Å². The van der Waals surface area contributed by atoms with Crippen LogP contribution >= 0.6 is 0 Å².